The van der Waals surface area contributed by atoms with Crippen molar-refractivity contribution in [2.75, 3.05) is 13.1 Å². The quantitative estimate of drug-likeness (QED) is 0.868. The van der Waals surface area contributed by atoms with Crippen molar-refractivity contribution in [3.63, 3.8) is 0 Å². The molecular weight excluding hydrogens is 236 g/mol. The fourth-order valence-electron chi connectivity index (χ4n) is 2.51. The average molecular weight is 260 g/mol. The van der Waals surface area contributed by atoms with Crippen LogP contribution in [0, 0.1) is 5.41 Å². The maximum Gasteiger partial charge on any atom is 0.317 e. The van der Waals surface area contributed by atoms with Gasteiger partial charge >= 0.3 is 6.03 Å². The molecular formula is C16H24N2O. The Labute approximate surface area is 116 Å². The third kappa shape index (κ3) is 4.27. The van der Waals surface area contributed by atoms with Gasteiger partial charge in [0.05, 0.1) is 0 Å². The number of carbonyl (C=O) groups excluding carboxylic acids is 1. The number of likely N-dealkylation sites (tertiary alicyclic amines) is 1. The molecule has 2 amide bonds. The van der Waals surface area contributed by atoms with Gasteiger partial charge in [0.1, 0.15) is 0 Å². The summed E-state index contributed by atoms with van der Waals surface area (Å²) in [5.41, 5.74) is 1.51. The minimum Gasteiger partial charge on any atom is -0.334 e. The molecule has 3 nitrogen and oxygen atoms in total. The van der Waals surface area contributed by atoms with E-state index in [9.17, 15) is 4.79 Å². The summed E-state index contributed by atoms with van der Waals surface area (Å²) in [5, 5.41) is 3.01. The lowest BCUT2D eigenvalue weighted by molar-refractivity contribution is 0.197. The van der Waals surface area contributed by atoms with Gasteiger partial charge in [-0.15, -0.1) is 0 Å². The Morgan fingerprint density at radius 2 is 1.95 bits per heavy atom. The Morgan fingerprint density at radius 3 is 2.68 bits per heavy atom. The molecule has 1 N–H and O–H groups in total. The number of amides is 2. The summed E-state index contributed by atoms with van der Waals surface area (Å²) >= 11 is 0. The maximum absolute atomic E-state index is 12.2. The van der Waals surface area contributed by atoms with E-state index in [1.807, 2.05) is 35.2 Å². The van der Waals surface area contributed by atoms with Crippen LogP contribution in [0.2, 0.25) is 0 Å². The number of rotatable bonds is 2. The topological polar surface area (TPSA) is 32.3 Å². The van der Waals surface area contributed by atoms with Crippen LogP contribution < -0.4 is 5.32 Å². The Kier molecular flexibility index (Phi) is 4.46. The van der Waals surface area contributed by atoms with Crippen molar-refractivity contribution >= 4 is 6.03 Å². The van der Waals surface area contributed by atoms with Gasteiger partial charge in [0.25, 0.3) is 0 Å². The van der Waals surface area contributed by atoms with Gasteiger partial charge in [0.2, 0.25) is 0 Å². The molecule has 0 saturated carbocycles. The second-order valence-electron chi connectivity index (χ2n) is 6.15. The first-order valence-corrected chi connectivity index (χ1v) is 7.14. The minimum atomic E-state index is 0.0709. The third-order valence-corrected chi connectivity index (χ3v) is 3.91. The van der Waals surface area contributed by atoms with Crippen molar-refractivity contribution in [3.8, 4) is 0 Å². The Balaban J connectivity index is 1.83. The van der Waals surface area contributed by atoms with Gasteiger partial charge in [0, 0.05) is 19.6 Å². The summed E-state index contributed by atoms with van der Waals surface area (Å²) in [6, 6.07) is 10.1. The van der Waals surface area contributed by atoms with E-state index in [4.69, 9.17) is 0 Å². The van der Waals surface area contributed by atoms with E-state index in [2.05, 4.69) is 19.2 Å². The van der Waals surface area contributed by atoms with E-state index in [1.54, 1.807) is 0 Å². The van der Waals surface area contributed by atoms with E-state index < -0.39 is 0 Å². The van der Waals surface area contributed by atoms with Crippen LogP contribution >= 0.6 is 0 Å². The van der Waals surface area contributed by atoms with E-state index >= 15 is 0 Å². The van der Waals surface area contributed by atoms with Gasteiger partial charge in [0.15, 0.2) is 0 Å². The van der Waals surface area contributed by atoms with Crippen LogP contribution in [0.5, 0.6) is 0 Å². The molecule has 1 aromatic rings. The molecule has 1 fully saturated rings. The van der Waals surface area contributed by atoms with Crippen LogP contribution in [-0.2, 0) is 6.54 Å². The molecule has 1 aliphatic heterocycles. The second kappa shape index (κ2) is 6.09. The van der Waals surface area contributed by atoms with Crippen LogP contribution in [0.25, 0.3) is 0 Å². The first kappa shape index (κ1) is 13.9. The lowest BCUT2D eigenvalue weighted by Gasteiger charge is -2.23. The number of nitrogens with one attached hydrogen (secondary N) is 1. The van der Waals surface area contributed by atoms with Crippen molar-refractivity contribution < 1.29 is 4.79 Å². The van der Waals surface area contributed by atoms with Gasteiger partial charge in [-0.2, -0.15) is 0 Å². The van der Waals surface area contributed by atoms with Crippen molar-refractivity contribution in [2.24, 2.45) is 5.41 Å². The highest BCUT2D eigenvalue weighted by atomic mass is 16.2. The predicted molar refractivity (Wildman–Crippen MR) is 77.9 cm³/mol. The zero-order valence-electron chi connectivity index (χ0n) is 12.0. The smallest absolute Gasteiger partial charge is 0.317 e. The number of carbonyl (C=O) groups is 1. The number of hydrogen-bond donors (Lipinski definition) is 1. The first-order chi connectivity index (χ1) is 9.07. The molecule has 1 aliphatic rings. The monoisotopic (exact) mass is 260 g/mol. The third-order valence-electron chi connectivity index (χ3n) is 3.91. The molecule has 3 heteroatoms. The highest BCUT2D eigenvalue weighted by Gasteiger charge is 2.25. The van der Waals surface area contributed by atoms with Crippen molar-refractivity contribution in [1.82, 2.24) is 10.2 Å². The van der Waals surface area contributed by atoms with Crippen molar-refractivity contribution in [2.45, 2.75) is 39.7 Å². The van der Waals surface area contributed by atoms with E-state index in [-0.39, 0.29) is 6.03 Å². The summed E-state index contributed by atoms with van der Waals surface area (Å²) in [4.78, 5) is 14.1. The summed E-state index contributed by atoms with van der Waals surface area (Å²) in [5.74, 6) is 0. The van der Waals surface area contributed by atoms with Gasteiger partial charge < -0.3 is 10.2 Å². The molecule has 2 rings (SSSR count). The molecule has 1 heterocycles. The molecule has 104 valence electrons. The average Bonchev–Trinajstić information content (AvgIpc) is 2.58. The molecule has 0 bridgehead atoms. The van der Waals surface area contributed by atoms with Gasteiger partial charge in [-0.1, -0.05) is 44.2 Å². The first-order valence-electron chi connectivity index (χ1n) is 7.14. The fraction of sp³-hybridized carbons (Fsp3) is 0.562. The Morgan fingerprint density at radius 1 is 1.21 bits per heavy atom. The number of benzene rings is 1. The molecule has 1 saturated heterocycles. The van der Waals surface area contributed by atoms with E-state index in [1.165, 1.54) is 6.42 Å². The number of hydrogen-bond acceptors (Lipinski definition) is 1. The van der Waals surface area contributed by atoms with Gasteiger partial charge in [-0.05, 0) is 30.2 Å². The fourth-order valence-corrected chi connectivity index (χ4v) is 2.51. The standard InChI is InChI=1S/C16H24N2O/c1-16(2)9-6-11-18(12-10-16)15(19)17-13-14-7-4-3-5-8-14/h3-5,7-8H,6,9-13H2,1-2H3,(H,17,19). The van der Waals surface area contributed by atoms with Crippen LogP contribution in [0.4, 0.5) is 4.79 Å². The Hall–Kier alpha value is -1.51. The molecule has 0 spiro atoms. The molecule has 0 radical (unpaired) electrons. The summed E-state index contributed by atoms with van der Waals surface area (Å²) in [6.07, 6.45) is 3.40. The lowest BCUT2D eigenvalue weighted by Crippen LogP contribution is -2.40. The molecule has 0 aliphatic carbocycles. The van der Waals surface area contributed by atoms with Gasteiger partial charge in [-0.25, -0.2) is 4.79 Å². The maximum atomic E-state index is 12.2. The number of urea groups is 1. The second-order valence-corrected chi connectivity index (χ2v) is 6.15. The molecule has 0 aromatic heterocycles. The summed E-state index contributed by atoms with van der Waals surface area (Å²) in [6.45, 7) is 6.94. The number of nitrogens with zero attached hydrogens (tertiary/aromatic N) is 1. The normalized spacial score (nSPS) is 18.7. The predicted octanol–water partition coefficient (Wildman–Crippen LogP) is 3.41. The molecule has 1 aromatic carbocycles. The Bertz CT molecular complexity index is 414. The zero-order chi connectivity index (χ0) is 13.7. The van der Waals surface area contributed by atoms with E-state index in [0.29, 0.717) is 12.0 Å². The largest absolute Gasteiger partial charge is 0.334 e. The van der Waals surface area contributed by atoms with Crippen LogP contribution in [-0.4, -0.2) is 24.0 Å². The van der Waals surface area contributed by atoms with Crippen molar-refractivity contribution in [1.29, 1.82) is 0 Å². The molecule has 19 heavy (non-hydrogen) atoms. The minimum absolute atomic E-state index is 0.0709. The summed E-state index contributed by atoms with van der Waals surface area (Å²) < 4.78 is 0. The van der Waals surface area contributed by atoms with Crippen LogP contribution in [0.1, 0.15) is 38.7 Å². The molecule has 0 unspecified atom stereocenters. The van der Waals surface area contributed by atoms with Crippen molar-refractivity contribution in [3.05, 3.63) is 35.9 Å². The molecule has 0 atom stereocenters. The van der Waals surface area contributed by atoms with Crippen LogP contribution in [0.15, 0.2) is 30.3 Å². The highest BCUT2D eigenvalue weighted by molar-refractivity contribution is 5.74. The highest BCUT2D eigenvalue weighted by Crippen LogP contribution is 2.29. The summed E-state index contributed by atoms with van der Waals surface area (Å²) in [7, 11) is 0. The SMILES string of the molecule is CC1(C)CCCN(C(=O)NCc2ccccc2)CC1. The lowest BCUT2D eigenvalue weighted by atomic mass is 9.85. The van der Waals surface area contributed by atoms with Crippen LogP contribution in [0.3, 0.4) is 0 Å². The zero-order valence-corrected chi connectivity index (χ0v) is 12.0. The van der Waals surface area contributed by atoms with Gasteiger partial charge in [-0.3, -0.25) is 0 Å². The van der Waals surface area contributed by atoms with E-state index in [0.717, 1.165) is 31.5 Å².